The molecular formula is C12H12ClN3O4S. The molecule has 0 fully saturated rings. The minimum absolute atomic E-state index is 0.0259. The van der Waals surface area contributed by atoms with Crippen molar-refractivity contribution in [3.8, 4) is 0 Å². The Bertz CT molecular complexity index is 744. The summed E-state index contributed by atoms with van der Waals surface area (Å²) in [6.07, 6.45) is 2.57. The van der Waals surface area contributed by atoms with E-state index in [2.05, 4.69) is 15.3 Å². The highest BCUT2D eigenvalue weighted by molar-refractivity contribution is 7.91. The van der Waals surface area contributed by atoms with Crippen LogP contribution in [0.25, 0.3) is 0 Å². The van der Waals surface area contributed by atoms with Crippen molar-refractivity contribution in [2.45, 2.75) is 18.6 Å². The van der Waals surface area contributed by atoms with Gasteiger partial charge in [-0.05, 0) is 12.1 Å². The molecule has 112 valence electrons. The van der Waals surface area contributed by atoms with Gasteiger partial charge in [0.1, 0.15) is 5.76 Å². The first-order valence-corrected chi connectivity index (χ1v) is 8.03. The number of hydrogen-bond acceptors (Lipinski definition) is 6. The normalized spacial score (nSPS) is 11.3. The van der Waals surface area contributed by atoms with Crippen LogP contribution in [0, 0.1) is 0 Å². The quantitative estimate of drug-likeness (QED) is 0.833. The predicted molar refractivity (Wildman–Crippen MR) is 74.6 cm³/mol. The maximum Gasteiger partial charge on any atom is 0.271 e. The van der Waals surface area contributed by atoms with Crippen LogP contribution in [0.3, 0.4) is 0 Å². The largest absolute Gasteiger partial charge is 0.467 e. The highest BCUT2D eigenvalue weighted by Crippen LogP contribution is 2.15. The molecule has 9 heteroatoms. The van der Waals surface area contributed by atoms with E-state index in [9.17, 15) is 13.2 Å². The van der Waals surface area contributed by atoms with E-state index in [0.29, 0.717) is 5.76 Å². The number of aromatic nitrogens is 2. The van der Waals surface area contributed by atoms with E-state index >= 15 is 0 Å². The number of sulfone groups is 1. The fourth-order valence-corrected chi connectivity index (χ4v) is 2.33. The monoisotopic (exact) mass is 329 g/mol. The Morgan fingerprint density at radius 2 is 2.24 bits per heavy atom. The Morgan fingerprint density at radius 3 is 2.86 bits per heavy atom. The van der Waals surface area contributed by atoms with Crippen molar-refractivity contribution < 1.29 is 17.6 Å². The molecular weight excluding hydrogens is 318 g/mol. The zero-order valence-electron chi connectivity index (χ0n) is 11.0. The number of rotatable bonds is 5. The van der Waals surface area contributed by atoms with Crippen molar-refractivity contribution in [1.29, 1.82) is 0 Å². The second-order valence-corrected chi connectivity index (χ2v) is 6.59. The Balaban J connectivity index is 2.22. The summed E-state index contributed by atoms with van der Waals surface area (Å²) in [6, 6.07) is 3.37. The molecule has 0 saturated heterocycles. The number of furan rings is 1. The van der Waals surface area contributed by atoms with E-state index in [0.717, 1.165) is 6.20 Å². The van der Waals surface area contributed by atoms with Gasteiger partial charge in [0.05, 0.1) is 29.8 Å². The molecule has 0 bridgehead atoms. The highest BCUT2D eigenvalue weighted by Gasteiger charge is 2.20. The van der Waals surface area contributed by atoms with Gasteiger partial charge in [0.2, 0.25) is 15.0 Å². The SMILES string of the molecule is CCS(=O)(=O)c1ncc(Cl)c(C(=O)NCc2ccco2)n1. The van der Waals surface area contributed by atoms with Crippen LogP contribution in [-0.4, -0.2) is 30.0 Å². The standard InChI is InChI=1S/C12H12ClN3O4S/c1-2-21(18,19)12-15-7-9(13)10(16-12)11(17)14-6-8-4-3-5-20-8/h3-5,7H,2,6H2,1H3,(H,14,17). The zero-order valence-corrected chi connectivity index (χ0v) is 12.6. The number of carbonyl (C=O) groups excluding carboxylic acids is 1. The molecule has 0 aliphatic heterocycles. The molecule has 21 heavy (non-hydrogen) atoms. The number of hydrogen-bond donors (Lipinski definition) is 1. The van der Waals surface area contributed by atoms with E-state index in [1.165, 1.54) is 13.2 Å². The number of nitrogens with one attached hydrogen (secondary N) is 1. The molecule has 0 radical (unpaired) electrons. The average molecular weight is 330 g/mol. The third-order valence-electron chi connectivity index (χ3n) is 2.60. The summed E-state index contributed by atoms with van der Waals surface area (Å²) in [5.74, 6) is -0.219. The number of nitrogens with zero attached hydrogens (tertiary/aromatic N) is 2. The Labute approximate surface area is 126 Å². The zero-order chi connectivity index (χ0) is 15.5. The van der Waals surface area contributed by atoms with E-state index in [1.807, 2.05) is 0 Å². The van der Waals surface area contributed by atoms with Crippen molar-refractivity contribution in [1.82, 2.24) is 15.3 Å². The van der Waals surface area contributed by atoms with Gasteiger partial charge in [0.15, 0.2) is 5.69 Å². The fourth-order valence-electron chi connectivity index (χ4n) is 1.45. The topological polar surface area (TPSA) is 102 Å². The van der Waals surface area contributed by atoms with Crippen LogP contribution < -0.4 is 5.32 Å². The lowest BCUT2D eigenvalue weighted by molar-refractivity contribution is 0.0942. The molecule has 2 aromatic rings. The van der Waals surface area contributed by atoms with Crippen molar-refractivity contribution in [3.05, 3.63) is 41.1 Å². The molecule has 0 unspecified atom stereocenters. The maximum atomic E-state index is 12.0. The van der Waals surface area contributed by atoms with E-state index < -0.39 is 20.9 Å². The van der Waals surface area contributed by atoms with Gasteiger partial charge in [0.25, 0.3) is 5.91 Å². The minimum Gasteiger partial charge on any atom is -0.467 e. The molecule has 2 rings (SSSR count). The molecule has 1 amide bonds. The summed E-state index contributed by atoms with van der Waals surface area (Å²) in [5.41, 5.74) is -0.190. The van der Waals surface area contributed by atoms with Crippen molar-refractivity contribution in [2.24, 2.45) is 0 Å². The van der Waals surface area contributed by atoms with Crippen molar-refractivity contribution in [2.75, 3.05) is 5.75 Å². The number of amides is 1. The van der Waals surface area contributed by atoms with E-state index in [4.69, 9.17) is 16.0 Å². The Morgan fingerprint density at radius 1 is 1.48 bits per heavy atom. The predicted octanol–water partition coefficient (Wildman–Crippen LogP) is 1.45. The molecule has 7 nitrogen and oxygen atoms in total. The fraction of sp³-hybridized carbons (Fsp3) is 0.250. The van der Waals surface area contributed by atoms with Gasteiger partial charge in [-0.15, -0.1) is 0 Å². The molecule has 0 atom stereocenters. The lowest BCUT2D eigenvalue weighted by Crippen LogP contribution is -2.25. The molecule has 0 aliphatic carbocycles. The first-order valence-electron chi connectivity index (χ1n) is 6.00. The third kappa shape index (κ3) is 3.59. The molecule has 0 aliphatic rings. The summed E-state index contributed by atoms with van der Waals surface area (Å²) in [5, 5.41) is 2.09. The second-order valence-electron chi connectivity index (χ2n) is 4.01. The molecule has 0 spiro atoms. The van der Waals surface area contributed by atoms with Gasteiger partial charge in [0, 0.05) is 0 Å². The second kappa shape index (κ2) is 6.23. The summed E-state index contributed by atoms with van der Waals surface area (Å²) >= 11 is 5.84. The molecule has 2 heterocycles. The van der Waals surface area contributed by atoms with Gasteiger partial charge in [-0.25, -0.2) is 18.4 Å². The molecule has 1 N–H and O–H groups in total. The molecule has 2 aromatic heterocycles. The first-order chi connectivity index (χ1) is 9.94. The number of halogens is 1. The molecule has 0 aromatic carbocycles. The smallest absolute Gasteiger partial charge is 0.271 e. The van der Waals surface area contributed by atoms with Crippen molar-refractivity contribution in [3.63, 3.8) is 0 Å². The van der Waals surface area contributed by atoms with Gasteiger partial charge in [-0.1, -0.05) is 18.5 Å². The summed E-state index contributed by atoms with van der Waals surface area (Å²) < 4.78 is 28.5. The van der Waals surface area contributed by atoms with Crippen LogP contribution in [0.1, 0.15) is 23.2 Å². The summed E-state index contributed by atoms with van der Waals surface area (Å²) in [4.78, 5) is 19.4. The minimum atomic E-state index is -3.61. The molecule has 0 saturated carbocycles. The summed E-state index contributed by atoms with van der Waals surface area (Å²) in [7, 11) is -3.61. The maximum absolute atomic E-state index is 12.0. The van der Waals surface area contributed by atoms with E-state index in [1.54, 1.807) is 12.1 Å². The van der Waals surface area contributed by atoms with Crippen LogP contribution in [0.15, 0.2) is 34.2 Å². The van der Waals surface area contributed by atoms with Gasteiger partial charge >= 0.3 is 0 Å². The van der Waals surface area contributed by atoms with Crippen LogP contribution >= 0.6 is 11.6 Å². The van der Waals surface area contributed by atoms with Gasteiger partial charge < -0.3 is 9.73 Å². The van der Waals surface area contributed by atoms with Crippen LogP contribution in [0.5, 0.6) is 0 Å². The van der Waals surface area contributed by atoms with Crippen LogP contribution in [-0.2, 0) is 16.4 Å². The van der Waals surface area contributed by atoms with Gasteiger partial charge in [-0.2, -0.15) is 0 Å². The Hall–Kier alpha value is -1.93. The first kappa shape index (κ1) is 15.5. The lowest BCUT2D eigenvalue weighted by atomic mass is 10.3. The number of carbonyl (C=O) groups is 1. The van der Waals surface area contributed by atoms with Crippen LogP contribution in [0.2, 0.25) is 5.02 Å². The Kier molecular flexibility index (Phi) is 4.59. The summed E-state index contributed by atoms with van der Waals surface area (Å²) in [6.45, 7) is 1.60. The van der Waals surface area contributed by atoms with Crippen molar-refractivity contribution >= 4 is 27.3 Å². The van der Waals surface area contributed by atoms with Gasteiger partial charge in [-0.3, -0.25) is 4.79 Å². The highest BCUT2D eigenvalue weighted by atomic mass is 35.5. The third-order valence-corrected chi connectivity index (χ3v) is 4.39. The van der Waals surface area contributed by atoms with Crippen LogP contribution in [0.4, 0.5) is 0 Å². The van der Waals surface area contributed by atoms with E-state index in [-0.39, 0.29) is 23.0 Å². The lowest BCUT2D eigenvalue weighted by Gasteiger charge is -2.06. The average Bonchev–Trinajstić information content (AvgIpc) is 2.98.